The highest BCUT2D eigenvalue weighted by atomic mass is 16.2. The zero-order chi connectivity index (χ0) is 6.27. The summed E-state index contributed by atoms with van der Waals surface area (Å²) in [5, 5.41) is 6.11. The van der Waals surface area contributed by atoms with Gasteiger partial charge in [0, 0.05) is 6.07 Å². The predicted molar refractivity (Wildman–Crippen MR) is 29.7 cm³/mol. The van der Waals surface area contributed by atoms with Gasteiger partial charge in [-0.25, -0.2) is 10.0 Å². The molecule has 0 atom stereocenters. The van der Waals surface area contributed by atoms with Crippen LogP contribution in [0.15, 0.2) is 17.1 Å². The Morgan fingerprint density at radius 1 is 1.67 bits per heavy atom. The van der Waals surface area contributed by atoms with Gasteiger partial charge in [0.15, 0.2) is 0 Å². The van der Waals surface area contributed by atoms with E-state index in [1.54, 1.807) is 12.3 Å². The minimum absolute atomic E-state index is 0.168. The number of nitrogens with one attached hydrogen (secondary N) is 2. The normalized spacial score (nSPS) is 10.7. The number of nitrogens with zero attached hydrogens (tertiary/aromatic N) is 2. The Morgan fingerprint density at radius 2 is 2.56 bits per heavy atom. The summed E-state index contributed by atoms with van der Waals surface area (Å²) in [5.41, 5.74) is -0.168. The second-order valence-electron chi connectivity index (χ2n) is 1.70. The average molecular weight is 124 g/mol. The van der Waals surface area contributed by atoms with Crippen LogP contribution in [-0.4, -0.2) is 20.0 Å². The Balaban J connectivity index is 2.88. The molecule has 9 heavy (non-hydrogen) atoms. The highest BCUT2D eigenvalue weighted by molar-refractivity contribution is 5.19. The molecule has 2 aliphatic rings. The van der Waals surface area contributed by atoms with Crippen LogP contribution in [0.25, 0.3) is 5.82 Å². The fraction of sp³-hybridized carbons (Fsp3) is 0. The Hall–Kier alpha value is -1.52. The number of hydrogen-bond donors (Lipinski definition) is 2. The zero-order valence-electron chi connectivity index (χ0n) is 4.46. The molecule has 0 radical (unpaired) electrons. The molecule has 0 aromatic rings. The molecule has 0 saturated heterocycles. The molecule has 0 bridgehead atoms. The van der Waals surface area contributed by atoms with Crippen molar-refractivity contribution in [3.8, 4) is 5.82 Å². The molecule has 2 N–H and O–H groups in total. The first-order chi connectivity index (χ1) is 4.38. The van der Waals surface area contributed by atoms with Gasteiger partial charge in [0.2, 0.25) is 0 Å². The first kappa shape index (κ1) is 4.37. The van der Waals surface area contributed by atoms with Gasteiger partial charge in [-0.05, 0) is 0 Å². The molecule has 0 aromatic carbocycles. The summed E-state index contributed by atoms with van der Waals surface area (Å²) < 4.78 is 1.32. The van der Waals surface area contributed by atoms with Crippen LogP contribution in [0.4, 0.5) is 0 Å². The van der Waals surface area contributed by atoms with Crippen molar-refractivity contribution in [3.63, 3.8) is 0 Å². The summed E-state index contributed by atoms with van der Waals surface area (Å²) in [6, 6.07) is 1.71. The molecular formula is C4H4N4O. The summed E-state index contributed by atoms with van der Waals surface area (Å²) >= 11 is 0. The lowest BCUT2D eigenvalue weighted by Gasteiger charge is -2.08. The second-order valence-corrected chi connectivity index (χ2v) is 1.70. The zero-order valence-corrected chi connectivity index (χ0v) is 4.46. The monoisotopic (exact) mass is 124 g/mol. The Morgan fingerprint density at radius 3 is 3.11 bits per heavy atom. The van der Waals surface area contributed by atoms with Crippen molar-refractivity contribution in [3.05, 3.63) is 22.7 Å². The molecule has 0 saturated carbocycles. The van der Waals surface area contributed by atoms with Crippen molar-refractivity contribution in [1.29, 1.82) is 0 Å². The lowest BCUT2D eigenvalue weighted by molar-refractivity contribution is 0.626. The topological polar surface area (TPSA) is 66.5 Å². The third-order valence-corrected chi connectivity index (χ3v) is 1.14. The molecular weight excluding hydrogens is 120 g/mol. The van der Waals surface area contributed by atoms with Crippen molar-refractivity contribution in [1.82, 2.24) is 20.0 Å². The van der Waals surface area contributed by atoms with Gasteiger partial charge in [-0.15, -0.1) is 0 Å². The first-order valence-corrected chi connectivity index (χ1v) is 2.48. The van der Waals surface area contributed by atoms with Crippen LogP contribution in [0.2, 0.25) is 0 Å². The lowest BCUT2D eigenvalue weighted by Crippen LogP contribution is -2.33. The van der Waals surface area contributed by atoms with Crippen LogP contribution in [-0.2, 0) is 0 Å². The number of hydrogen-bond acceptors (Lipinski definition) is 2. The maximum atomic E-state index is 10.5. The Kier molecular flexibility index (Phi) is 0.606. The van der Waals surface area contributed by atoms with Gasteiger partial charge in [-0.2, -0.15) is 9.78 Å². The maximum absolute atomic E-state index is 10.5. The average Bonchev–Trinajstić information content (AvgIpc) is 1.86. The van der Waals surface area contributed by atoms with E-state index in [1.807, 2.05) is 0 Å². The summed E-state index contributed by atoms with van der Waals surface area (Å²) in [6.45, 7) is 0. The number of fused-ring (bicyclic) bond motifs is 1. The molecule has 0 unspecified atom stereocenters. The van der Waals surface area contributed by atoms with Crippen LogP contribution < -0.4 is 5.69 Å². The van der Waals surface area contributed by atoms with Crippen LogP contribution in [0.1, 0.15) is 0 Å². The van der Waals surface area contributed by atoms with E-state index in [-0.39, 0.29) is 5.69 Å². The number of H-pyrrole nitrogens is 2. The molecule has 2 rings (SSSR count). The van der Waals surface area contributed by atoms with Gasteiger partial charge in [-0.3, -0.25) is 4.98 Å². The van der Waals surface area contributed by atoms with E-state index in [4.69, 9.17) is 0 Å². The van der Waals surface area contributed by atoms with Crippen LogP contribution in [0.3, 0.4) is 0 Å². The van der Waals surface area contributed by atoms with E-state index < -0.39 is 0 Å². The SMILES string of the molecule is O=c1[nH]c2ccn[nH]n1-2. The lowest BCUT2D eigenvalue weighted by atomic mass is 10.6. The third-order valence-electron chi connectivity index (χ3n) is 1.14. The Labute approximate surface area is 49.6 Å². The molecule has 0 amide bonds. The van der Waals surface area contributed by atoms with E-state index in [9.17, 15) is 4.79 Å². The molecule has 2 aliphatic heterocycles. The largest absolute Gasteiger partial charge is 0.349 e. The molecule has 0 aliphatic carbocycles. The highest BCUT2D eigenvalue weighted by Crippen LogP contribution is 1.94. The van der Waals surface area contributed by atoms with Crippen molar-refractivity contribution in [2.45, 2.75) is 0 Å². The van der Waals surface area contributed by atoms with Crippen molar-refractivity contribution in [2.75, 3.05) is 0 Å². The van der Waals surface area contributed by atoms with Crippen LogP contribution in [0, 0.1) is 0 Å². The van der Waals surface area contributed by atoms with E-state index >= 15 is 0 Å². The fourth-order valence-corrected chi connectivity index (χ4v) is 0.692. The number of aromatic nitrogens is 4. The molecule has 5 nitrogen and oxygen atoms in total. The van der Waals surface area contributed by atoms with E-state index in [1.165, 1.54) is 4.68 Å². The minimum Gasteiger partial charge on any atom is -0.290 e. The van der Waals surface area contributed by atoms with Crippen LogP contribution >= 0.6 is 0 Å². The standard InChI is InChI=1S/C4H4N4O/c9-4-6-3-1-2-5-7-8(3)4/h1-2,7H,(H,6,9). The summed E-state index contributed by atoms with van der Waals surface area (Å²) in [7, 11) is 0. The minimum atomic E-state index is -0.168. The van der Waals surface area contributed by atoms with Crippen molar-refractivity contribution in [2.24, 2.45) is 0 Å². The van der Waals surface area contributed by atoms with Gasteiger partial charge in [0.05, 0.1) is 6.20 Å². The second kappa shape index (κ2) is 1.25. The van der Waals surface area contributed by atoms with E-state index in [0.29, 0.717) is 0 Å². The summed E-state index contributed by atoms with van der Waals surface area (Å²) in [6.07, 6.45) is 1.57. The summed E-state index contributed by atoms with van der Waals surface area (Å²) in [5.74, 6) is 0.745. The smallest absolute Gasteiger partial charge is 0.290 e. The molecule has 0 spiro atoms. The maximum Gasteiger partial charge on any atom is 0.349 e. The molecule has 0 aromatic heterocycles. The van der Waals surface area contributed by atoms with Crippen molar-refractivity contribution >= 4 is 0 Å². The molecule has 2 heterocycles. The van der Waals surface area contributed by atoms with Gasteiger partial charge in [-0.1, -0.05) is 0 Å². The quantitative estimate of drug-likeness (QED) is 0.489. The molecule has 46 valence electrons. The van der Waals surface area contributed by atoms with Crippen molar-refractivity contribution < 1.29 is 0 Å². The highest BCUT2D eigenvalue weighted by Gasteiger charge is 2.05. The predicted octanol–water partition coefficient (Wildman–Crippen LogP) is -0.674. The molecule has 5 heteroatoms. The third kappa shape index (κ3) is 0.426. The number of rotatable bonds is 0. The molecule has 0 fully saturated rings. The van der Waals surface area contributed by atoms with Gasteiger partial charge in [0.1, 0.15) is 5.82 Å². The Bertz CT molecular complexity index is 329. The number of aromatic amines is 2. The first-order valence-electron chi connectivity index (χ1n) is 2.48. The van der Waals surface area contributed by atoms with Gasteiger partial charge >= 0.3 is 5.69 Å². The fourth-order valence-electron chi connectivity index (χ4n) is 0.692. The van der Waals surface area contributed by atoms with E-state index in [2.05, 4.69) is 15.3 Å². The van der Waals surface area contributed by atoms with Gasteiger partial charge in [0.25, 0.3) is 0 Å². The summed E-state index contributed by atoms with van der Waals surface area (Å²) in [4.78, 5) is 13.0. The van der Waals surface area contributed by atoms with E-state index in [0.717, 1.165) is 5.82 Å². The van der Waals surface area contributed by atoms with Crippen LogP contribution in [0.5, 0.6) is 0 Å². The van der Waals surface area contributed by atoms with Gasteiger partial charge < -0.3 is 0 Å².